The zero-order valence-corrected chi connectivity index (χ0v) is 17.1. The summed E-state index contributed by atoms with van der Waals surface area (Å²) in [5.41, 5.74) is 1.04. The third-order valence-corrected chi connectivity index (χ3v) is 4.64. The first kappa shape index (κ1) is 21.0. The SMILES string of the molecule is COc1ccc(-c2noc(-c3cccn3CC(=O)Nc3ccc(F)cc3F)n2)cc1OC. The Labute approximate surface area is 181 Å². The number of hydrogen-bond donors (Lipinski definition) is 1. The van der Waals surface area contributed by atoms with Crippen LogP contribution < -0.4 is 14.8 Å². The third-order valence-electron chi connectivity index (χ3n) is 4.64. The first-order valence-corrected chi connectivity index (χ1v) is 9.45. The molecule has 164 valence electrons. The zero-order valence-electron chi connectivity index (χ0n) is 17.1. The molecule has 0 bridgehead atoms. The van der Waals surface area contributed by atoms with Crippen molar-refractivity contribution in [3.63, 3.8) is 0 Å². The van der Waals surface area contributed by atoms with Crippen LogP contribution >= 0.6 is 0 Å². The standard InChI is InChI=1S/C22H18F2N4O4/c1-30-18-8-5-13(10-19(18)31-2)21-26-22(32-27-21)17-4-3-9-28(17)12-20(29)25-16-7-6-14(23)11-15(16)24/h3-11H,12H2,1-2H3,(H,25,29). The average molecular weight is 440 g/mol. The second-order valence-corrected chi connectivity index (χ2v) is 6.69. The Bertz CT molecular complexity index is 1270. The van der Waals surface area contributed by atoms with Crippen LogP contribution in [0.3, 0.4) is 0 Å². The number of anilines is 1. The van der Waals surface area contributed by atoms with Crippen molar-refractivity contribution >= 4 is 11.6 Å². The van der Waals surface area contributed by atoms with Crippen LogP contribution in [0.1, 0.15) is 0 Å². The minimum absolute atomic E-state index is 0.112. The fourth-order valence-corrected chi connectivity index (χ4v) is 3.10. The predicted molar refractivity (Wildman–Crippen MR) is 111 cm³/mol. The highest BCUT2D eigenvalue weighted by molar-refractivity contribution is 5.91. The van der Waals surface area contributed by atoms with Gasteiger partial charge >= 0.3 is 0 Å². The van der Waals surface area contributed by atoms with Crippen LogP contribution in [0.15, 0.2) is 59.3 Å². The quantitative estimate of drug-likeness (QED) is 0.465. The van der Waals surface area contributed by atoms with Gasteiger partial charge in [0.1, 0.15) is 23.9 Å². The lowest BCUT2D eigenvalue weighted by atomic mass is 10.2. The van der Waals surface area contributed by atoms with Gasteiger partial charge in [-0.15, -0.1) is 0 Å². The molecule has 0 radical (unpaired) electrons. The average Bonchev–Trinajstić information content (AvgIpc) is 3.44. The van der Waals surface area contributed by atoms with E-state index in [0.29, 0.717) is 34.6 Å². The molecule has 10 heteroatoms. The second-order valence-electron chi connectivity index (χ2n) is 6.69. The Morgan fingerprint density at radius 3 is 2.66 bits per heavy atom. The smallest absolute Gasteiger partial charge is 0.274 e. The van der Waals surface area contributed by atoms with Crippen molar-refractivity contribution in [3.05, 3.63) is 66.4 Å². The molecule has 1 N–H and O–H groups in total. The molecule has 0 aliphatic heterocycles. The summed E-state index contributed by atoms with van der Waals surface area (Å²) >= 11 is 0. The normalized spacial score (nSPS) is 10.8. The van der Waals surface area contributed by atoms with Gasteiger partial charge in [0.2, 0.25) is 11.7 Å². The van der Waals surface area contributed by atoms with Gasteiger partial charge in [-0.05, 0) is 42.5 Å². The van der Waals surface area contributed by atoms with Crippen molar-refractivity contribution in [1.82, 2.24) is 14.7 Å². The van der Waals surface area contributed by atoms with Gasteiger partial charge in [0.05, 0.1) is 19.9 Å². The molecule has 4 rings (SSSR count). The Kier molecular flexibility index (Phi) is 5.84. The number of benzene rings is 2. The summed E-state index contributed by atoms with van der Waals surface area (Å²) in [5.74, 6) is -0.487. The van der Waals surface area contributed by atoms with Gasteiger partial charge in [0.25, 0.3) is 5.89 Å². The van der Waals surface area contributed by atoms with E-state index in [-0.39, 0.29) is 18.1 Å². The molecule has 2 aromatic carbocycles. The first-order chi connectivity index (χ1) is 15.5. The molecule has 1 amide bonds. The fourth-order valence-electron chi connectivity index (χ4n) is 3.10. The predicted octanol–water partition coefficient (Wildman–Crippen LogP) is 4.14. The maximum Gasteiger partial charge on any atom is 0.274 e. The highest BCUT2D eigenvalue weighted by Gasteiger charge is 2.17. The van der Waals surface area contributed by atoms with Crippen LogP contribution in [0.5, 0.6) is 11.5 Å². The van der Waals surface area contributed by atoms with E-state index < -0.39 is 17.5 Å². The first-order valence-electron chi connectivity index (χ1n) is 9.45. The monoisotopic (exact) mass is 440 g/mol. The van der Waals surface area contributed by atoms with Gasteiger partial charge in [-0.1, -0.05) is 5.16 Å². The number of amides is 1. The van der Waals surface area contributed by atoms with E-state index >= 15 is 0 Å². The van der Waals surface area contributed by atoms with Crippen molar-refractivity contribution in [1.29, 1.82) is 0 Å². The molecule has 0 spiro atoms. The molecule has 0 aliphatic carbocycles. The minimum atomic E-state index is -0.859. The van der Waals surface area contributed by atoms with Crippen molar-refractivity contribution in [3.8, 4) is 34.5 Å². The Balaban J connectivity index is 1.53. The van der Waals surface area contributed by atoms with Gasteiger partial charge in [-0.3, -0.25) is 4.79 Å². The lowest BCUT2D eigenvalue weighted by molar-refractivity contribution is -0.116. The lowest BCUT2D eigenvalue weighted by Gasteiger charge is -2.09. The number of methoxy groups -OCH3 is 2. The third kappa shape index (κ3) is 4.29. The molecule has 8 nitrogen and oxygen atoms in total. The largest absolute Gasteiger partial charge is 0.493 e. The summed E-state index contributed by atoms with van der Waals surface area (Å²) in [4.78, 5) is 16.8. The van der Waals surface area contributed by atoms with Crippen LogP contribution in [0, 0.1) is 11.6 Å². The van der Waals surface area contributed by atoms with Crippen LogP contribution in [-0.4, -0.2) is 34.8 Å². The van der Waals surface area contributed by atoms with E-state index in [9.17, 15) is 13.6 Å². The molecule has 32 heavy (non-hydrogen) atoms. The van der Waals surface area contributed by atoms with Crippen molar-refractivity contribution in [2.24, 2.45) is 0 Å². The molecule has 0 saturated carbocycles. The lowest BCUT2D eigenvalue weighted by Crippen LogP contribution is -2.19. The molecule has 0 aliphatic rings. The molecule has 0 unspecified atom stereocenters. The van der Waals surface area contributed by atoms with Crippen LogP contribution in [0.25, 0.3) is 23.0 Å². The number of nitrogens with zero attached hydrogens (tertiary/aromatic N) is 3. The highest BCUT2D eigenvalue weighted by atomic mass is 19.1. The van der Waals surface area contributed by atoms with Gasteiger partial charge < -0.3 is 23.9 Å². The van der Waals surface area contributed by atoms with E-state index in [1.165, 1.54) is 7.11 Å². The topological polar surface area (TPSA) is 91.4 Å². The molecule has 2 aromatic heterocycles. The summed E-state index contributed by atoms with van der Waals surface area (Å²) in [6.45, 7) is -0.146. The van der Waals surface area contributed by atoms with Crippen molar-refractivity contribution in [2.45, 2.75) is 6.54 Å². The fraction of sp³-hybridized carbons (Fsp3) is 0.136. The summed E-state index contributed by atoms with van der Waals surface area (Å²) < 4.78 is 44.3. The number of carbonyl (C=O) groups excluding carboxylic acids is 1. The number of carbonyl (C=O) groups is 1. The zero-order chi connectivity index (χ0) is 22.7. The van der Waals surface area contributed by atoms with E-state index in [2.05, 4.69) is 15.5 Å². The molecule has 4 aromatic rings. The maximum atomic E-state index is 13.8. The van der Waals surface area contributed by atoms with Gasteiger partial charge in [0, 0.05) is 17.8 Å². The Morgan fingerprint density at radius 1 is 1.09 bits per heavy atom. The summed E-state index contributed by atoms with van der Waals surface area (Å²) in [5, 5.41) is 6.41. The molecule has 0 fully saturated rings. The minimum Gasteiger partial charge on any atom is -0.493 e. The second kappa shape index (κ2) is 8.88. The number of ether oxygens (including phenoxy) is 2. The molecular weight excluding hydrogens is 422 g/mol. The summed E-state index contributed by atoms with van der Waals surface area (Å²) in [7, 11) is 3.07. The van der Waals surface area contributed by atoms with E-state index in [1.54, 1.807) is 48.2 Å². The molecule has 2 heterocycles. The number of aromatic nitrogens is 3. The maximum absolute atomic E-state index is 13.8. The van der Waals surface area contributed by atoms with Crippen molar-refractivity contribution in [2.75, 3.05) is 19.5 Å². The summed E-state index contributed by atoms with van der Waals surface area (Å²) in [6.07, 6.45) is 1.65. The van der Waals surface area contributed by atoms with Gasteiger partial charge in [-0.25, -0.2) is 8.78 Å². The van der Waals surface area contributed by atoms with E-state index in [4.69, 9.17) is 14.0 Å². The number of hydrogen-bond acceptors (Lipinski definition) is 6. The van der Waals surface area contributed by atoms with Crippen molar-refractivity contribution < 1.29 is 27.6 Å². The Hall–Kier alpha value is -4.21. The number of nitrogens with one attached hydrogen (secondary N) is 1. The molecule has 0 saturated heterocycles. The molecular formula is C22H18F2N4O4. The molecule has 0 atom stereocenters. The van der Waals surface area contributed by atoms with Crippen LogP contribution in [0.4, 0.5) is 14.5 Å². The summed E-state index contributed by atoms with van der Waals surface area (Å²) in [6, 6.07) is 11.5. The highest BCUT2D eigenvalue weighted by Crippen LogP contribution is 2.32. The number of halogens is 2. The van der Waals surface area contributed by atoms with Gasteiger partial charge in [-0.2, -0.15) is 4.98 Å². The Morgan fingerprint density at radius 2 is 1.91 bits per heavy atom. The van der Waals surface area contributed by atoms with E-state index in [1.807, 2.05) is 0 Å². The van der Waals surface area contributed by atoms with E-state index in [0.717, 1.165) is 12.1 Å². The number of rotatable bonds is 7. The van der Waals surface area contributed by atoms with Gasteiger partial charge in [0.15, 0.2) is 11.5 Å². The van der Waals surface area contributed by atoms with Crippen LogP contribution in [-0.2, 0) is 11.3 Å². The van der Waals surface area contributed by atoms with Crippen LogP contribution in [0.2, 0.25) is 0 Å².